The number of Topliss-reactive ketones (excluding diaryl/α,β-unsaturated/α-hetero) is 1. The van der Waals surface area contributed by atoms with Crippen molar-refractivity contribution in [3.8, 4) is 0 Å². The summed E-state index contributed by atoms with van der Waals surface area (Å²) in [7, 11) is 0. The van der Waals surface area contributed by atoms with Gasteiger partial charge in [-0.3, -0.25) is 14.5 Å². The number of para-hydroxylation sites is 1. The van der Waals surface area contributed by atoms with Crippen molar-refractivity contribution < 1.29 is 19.1 Å². The van der Waals surface area contributed by atoms with E-state index >= 15 is 0 Å². The number of rotatable bonds is 3. The zero-order valence-electron chi connectivity index (χ0n) is 16.5. The van der Waals surface area contributed by atoms with Crippen LogP contribution in [0.15, 0.2) is 84.6 Å². The van der Waals surface area contributed by atoms with Crippen molar-refractivity contribution in [3.05, 3.63) is 107 Å². The van der Waals surface area contributed by atoms with E-state index < -0.39 is 23.5 Å². The van der Waals surface area contributed by atoms with Crippen LogP contribution in [0.2, 0.25) is 5.02 Å². The number of nitrogens with one attached hydrogen (secondary N) is 1. The third kappa shape index (κ3) is 3.08. The number of aliphatic hydroxyl groups is 1. The van der Waals surface area contributed by atoms with E-state index in [0.29, 0.717) is 16.5 Å². The van der Waals surface area contributed by atoms with E-state index in [2.05, 4.69) is 4.98 Å². The molecule has 1 fully saturated rings. The van der Waals surface area contributed by atoms with Crippen molar-refractivity contribution in [1.82, 2.24) is 4.98 Å². The molecule has 2 heterocycles. The van der Waals surface area contributed by atoms with Crippen molar-refractivity contribution in [1.29, 1.82) is 0 Å². The Kier molecular flexibility index (Phi) is 4.79. The maximum atomic E-state index is 13.8. The van der Waals surface area contributed by atoms with Gasteiger partial charge in [-0.25, -0.2) is 4.39 Å². The smallest absolute Gasteiger partial charge is 0.300 e. The summed E-state index contributed by atoms with van der Waals surface area (Å²) in [5.74, 6) is -2.59. The zero-order chi connectivity index (χ0) is 22.4. The number of nitrogens with zero attached hydrogens (tertiary/aromatic N) is 1. The third-order valence-electron chi connectivity index (χ3n) is 5.59. The molecule has 1 atom stereocenters. The van der Waals surface area contributed by atoms with E-state index in [9.17, 15) is 19.1 Å². The largest absolute Gasteiger partial charge is 0.507 e. The van der Waals surface area contributed by atoms with Crippen LogP contribution in [0.4, 0.5) is 10.1 Å². The number of H-pyrrole nitrogens is 1. The number of aliphatic hydroxyl groups excluding tert-OH is 1. The molecule has 5 rings (SSSR count). The molecule has 3 aromatic carbocycles. The second-order valence-electron chi connectivity index (χ2n) is 7.43. The third-order valence-corrected chi connectivity index (χ3v) is 5.88. The average molecular weight is 447 g/mol. The minimum absolute atomic E-state index is 0.0496. The molecule has 1 aliphatic heterocycles. The zero-order valence-corrected chi connectivity index (χ0v) is 17.3. The van der Waals surface area contributed by atoms with E-state index in [1.165, 1.54) is 17.0 Å². The summed E-state index contributed by atoms with van der Waals surface area (Å²) in [6, 6.07) is 19.1. The van der Waals surface area contributed by atoms with Crippen molar-refractivity contribution in [3.63, 3.8) is 0 Å². The summed E-state index contributed by atoms with van der Waals surface area (Å²) in [5.41, 5.74) is 2.02. The van der Waals surface area contributed by atoms with Gasteiger partial charge in [-0.05, 0) is 29.8 Å². The fourth-order valence-electron chi connectivity index (χ4n) is 4.10. The molecule has 1 aliphatic rings. The molecule has 1 amide bonds. The maximum Gasteiger partial charge on any atom is 0.300 e. The first-order valence-corrected chi connectivity index (χ1v) is 10.2. The molecular formula is C25H16ClFN2O3. The summed E-state index contributed by atoms with van der Waals surface area (Å²) in [6.07, 6.45) is 1.60. The topological polar surface area (TPSA) is 73.4 Å². The number of hydrogen-bond acceptors (Lipinski definition) is 3. The number of aromatic nitrogens is 1. The van der Waals surface area contributed by atoms with Crippen LogP contribution < -0.4 is 4.90 Å². The molecule has 4 aromatic rings. The van der Waals surface area contributed by atoms with Crippen LogP contribution in [-0.2, 0) is 9.59 Å². The fraction of sp³-hybridized carbons (Fsp3) is 0.0400. The van der Waals surface area contributed by atoms with Gasteiger partial charge in [-0.15, -0.1) is 0 Å². The Morgan fingerprint density at radius 3 is 2.47 bits per heavy atom. The predicted molar refractivity (Wildman–Crippen MR) is 121 cm³/mol. The van der Waals surface area contributed by atoms with E-state index in [1.54, 1.807) is 30.5 Å². The number of benzene rings is 3. The number of amides is 1. The van der Waals surface area contributed by atoms with Gasteiger partial charge in [-0.2, -0.15) is 0 Å². The van der Waals surface area contributed by atoms with E-state index in [4.69, 9.17) is 11.6 Å². The van der Waals surface area contributed by atoms with Gasteiger partial charge in [0, 0.05) is 28.4 Å². The lowest BCUT2D eigenvalue weighted by Gasteiger charge is -2.25. The Balaban J connectivity index is 1.76. The molecule has 1 aromatic heterocycles. The monoisotopic (exact) mass is 446 g/mol. The summed E-state index contributed by atoms with van der Waals surface area (Å²) < 4.78 is 13.8. The molecule has 7 heteroatoms. The summed E-state index contributed by atoms with van der Waals surface area (Å²) in [5, 5.41) is 11.8. The van der Waals surface area contributed by atoms with E-state index in [1.807, 2.05) is 30.3 Å². The Morgan fingerprint density at radius 2 is 1.72 bits per heavy atom. The van der Waals surface area contributed by atoms with Gasteiger partial charge in [0.05, 0.1) is 16.6 Å². The number of fused-ring (bicyclic) bond motifs is 1. The Hall–Kier alpha value is -3.90. The number of hydrogen-bond donors (Lipinski definition) is 2. The Bertz CT molecular complexity index is 1410. The van der Waals surface area contributed by atoms with Crippen molar-refractivity contribution in [2.24, 2.45) is 0 Å². The molecule has 1 unspecified atom stereocenters. The first-order chi connectivity index (χ1) is 15.5. The highest BCUT2D eigenvalue weighted by Crippen LogP contribution is 2.43. The number of halogens is 2. The molecule has 0 aliphatic carbocycles. The first kappa shape index (κ1) is 20.0. The van der Waals surface area contributed by atoms with Crippen molar-refractivity contribution in [2.45, 2.75) is 6.04 Å². The van der Waals surface area contributed by atoms with Gasteiger partial charge in [0.15, 0.2) is 0 Å². The van der Waals surface area contributed by atoms with Crippen LogP contribution in [0.3, 0.4) is 0 Å². The lowest BCUT2D eigenvalue weighted by atomic mass is 9.95. The van der Waals surface area contributed by atoms with Gasteiger partial charge in [-0.1, -0.05) is 60.1 Å². The van der Waals surface area contributed by atoms with Gasteiger partial charge in [0.1, 0.15) is 11.6 Å². The van der Waals surface area contributed by atoms with Crippen LogP contribution in [0, 0.1) is 5.82 Å². The number of carbonyl (C=O) groups excluding carboxylic acids is 2. The Morgan fingerprint density at radius 1 is 1.00 bits per heavy atom. The quantitative estimate of drug-likeness (QED) is 0.245. The summed E-state index contributed by atoms with van der Waals surface area (Å²) in [6.45, 7) is 0. The van der Waals surface area contributed by atoms with Crippen molar-refractivity contribution >= 4 is 45.6 Å². The number of anilines is 1. The number of ketones is 1. The van der Waals surface area contributed by atoms with Crippen LogP contribution >= 0.6 is 11.6 Å². The van der Waals surface area contributed by atoms with E-state index in [0.717, 1.165) is 11.6 Å². The van der Waals surface area contributed by atoms with Gasteiger partial charge < -0.3 is 10.1 Å². The lowest BCUT2D eigenvalue weighted by Crippen LogP contribution is -2.29. The maximum absolute atomic E-state index is 13.8. The number of aromatic amines is 1. The first-order valence-electron chi connectivity index (χ1n) is 9.85. The van der Waals surface area contributed by atoms with Crippen molar-refractivity contribution in [2.75, 3.05) is 4.90 Å². The standard InChI is InChI=1S/C25H16ClFN2O3/c26-18-12-15(10-11-19(18)27)29-22(14-6-2-1-3-7-14)21(24(31)25(29)32)23(30)17-13-28-20-9-5-4-8-16(17)20/h1-13,22,28,30H/b23-21-. The second-order valence-corrected chi connectivity index (χ2v) is 7.83. The SMILES string of the molecule is O=C1C(=O)N(c2ccc(F)c(Cl)c2)C(c2ccccc2)/C1=C(/O)c1c[nH]c2ccccc12. The van der Waals surface area contributed by atoms with Crippen LogP contribution in [-0.4, -0.2) is 21.8 Å². The molecule has 32 heavy (non-hydrogen) atoms. The highest BCUT2D eigenvalue weighted by molar-refractivity contribution is 6.52. The fourth-order valence-corrected chi connectivity index (χ4v) is 4.27. The average Bonchev–Trinajstić information content (AvgIpc) is 3.35. The molecule has 1 saturated heterocycles. The lowest BCUT2D eigenvalue weighted by molar-refractivity contribution is -0.132. The molecular weight excluding hydrogens is 431 g/mol. The highest BCUT2D eigenvalue weighted by Gasteiger charge is 2.47. The van der Waals surface area contributed by atoms with Crippen LogP contribution in [0.25, 0.3) is 16.7 Å². The Labute approximate surface area is 187 Å². The normalized spacial score (nSPS) is 17.9. The van der Waals surface area contributed by atoms with Crippen LogP contribution in [0.1, 0.15) is 17.2 Å². The molecule has 0 spiro atoms. The predicted octanol–water partition coefficient (Wildman–Crippen LogP) is 5.59. The number of carbonyl (C=O) groups is 2. The molecule has 0 radical (unpaired) electrons. The highest BCUT2D eigenvalue weighted by atomic mass is 35.5. The molecule has 5 nitrogen and oxygen atoms in total. The minimum atomic E-state index is -0.911. The summed E-state index contributed by atoms with van der Waals surface area (Å²) >= 11 is 5.95. The second kappa shape index (κ2) is 7.66. The minimum Gasteiger partial charge on any atom is -0.507 e. The molecule has 0 bridgehead atoms. The van der Waals surface area contributed by atoms with Gasteiger partial charge in [0.2, 0.25) is 0 Å². The van der Waals surface area contributed by atoms with Gasteiger partial charge in [0.25, 0.3) is 11.7 Å². The molecule has 158 valence electrons. The van der Waals surface area contributed by atoms with E-state index in [-0.39, 0.29) is 22.0 Å². The molecule has 2 N–H and O–H groups in total. The summed E-state index contributed by atoms with van der Waals surface area (Å²) in [4.78, 5) is 30.6. The van der Waals surface area contributed by atoms with Crippen LogP contribution in [0.5, 0.6) is 0 Å². The molecule has 0 saturated carbocycles. The van der Waals surface area contributed by atoms with Gasteiger partial charge >= 0.3 is 0 Å².